The summed E-state index contributed by atoms with van der Waals surface area (Å²) in [5.74, 6) is 2.71. The first kappa shape index (κ1) is 30.3. The molecule has 0 fully saturated rings. The largest absolute Gasteiger partial charge is 0.497 e. The Morgan fingerprint density at radius 1 is 0.830 bits per heavy atom. The van der Waals surface area contributed by atoms with Gasteiger partial charge in [-0.25, -0.2) is 9.50 Å². The summed E-state index contributed by atoms with van der Waals surface area (Å²) < 4.78 is 36.3. The highest BCUT2D eigenvalue weighted by Gasteiger charge is 2.17. The number of methoxy groups -OCH3 is 3. The molecule has 0 aliphatic heterocycles. The summed E-state index contributed by atoms with van der Waals surface area (Å²) in [5.41, 5.74) is 6.26. The molecule has 7 aromatic rings. The Labute approximate surface area is 275 Å². The molecule has 4 aromatic heterocycles. The SMILES string of the molecule is COc1ccc(COC(C)c2ccc(-c3cccc(COc4cc(OC)cc5oc(-c6cn7nc(OC)sc7n6)cc45)c3)nc2)cc1. The van der Waals surface area contributed by atoms with Crippen molar-refractivity contribution in [2.45, 2.75) is 26.2 Å². The van der Waals surface area contributed by atoms with Crippen molar-refractivity contribution in [2.24, 2.45) is 0 Å². The minimum absolute atomic E-state index is 0.105. The van der Waals surface area contributed by atoms with E-state index in [4.69, 9.17) is 33.1 Å². The highest BCUT2D eigenvalue weighted by Crippen LogP contribution is 2.38. The molecule has 0 bridgehead atoms. The number of ether oxygens (including phenoxy) is 5. The molecule has 1 atom stereocenters. The zero-order chi connectivity index (χ0) is 32.3. The molecule has 0 spiro atoms. The van der Waals surface area contributed by atoms with Crippen LogP contribution in [0.4, 0.5) is 0 Å². The van der Waals surface area contributed by atoms with Crippen LogP contribution in [0.1, 0.15) is 29.7 Å². The predicted octanol–water partition coefficient (Wildman–Crippen LogP) is 8.15. The molecule has 0 aliphatic rings. The lowest BCUT2D eigenvalue weighted by molar-refractivity contribution is 0.0523. The van der Waals surface area contributed by atoms with E-state index in [0.717, 1.165) is 39.1 Å². The normalized spacial score (nSPS) is 12.0. The molecule has 11 heteroatoms. The van der Waals surface area contributed by atoms with Crippen LogP contribution in [-0.2, 0) is 18.0 Å². The summed E-state index contributed by atoms with van der Waals surface area (Å²) in [6, 6.07) is 25.8. The van der Waals surface area contributed by atoms with Gasteiger partial charge < -0.3 is 28.1 Å². The molecule has 47 heavy (non-hydrogen) atoms. The number of hydrogen-bond donors (Lipinski definition) is 0. The smallest absolute Gasteiger partial charge is 0.294 e. The van der Waals surface area contributed by atoms with Crippen molar-refractivity contribution in [3.63, 3.8) is 0 Å². The summed E-state index contributed by atoms with van der Waals surface area (Å²) >= 11 is 1.36. The van der Waals surface area contributed by atoms with Gasteiger partial charge in [-0.15, -0.1) is 5.10 Å². The van der Waals surface area contributed by atoms with Crippen LogP contribution >= 0.6 is 11.3 Å². The monoisotopic (exact) mass is 648 g/mol. The Morgan fingerprint density at radius 3 is 2.43 bits per heavy atom. The minimum Gasteiger partial charge on any atom is -0.497 e. The number of hydrogen-bond acceptors (Lipinski definition) is 10. The Morgan fingerprint density at radius 2 is 1.68 bits per heavy atom. The summed E-state index contributed by atoms with van der Waals surface area (Å²) in [6.07, 6.45) is 3.58. The van der Waals surface area contributed by atoms with E-state index in [2.05, 4.69) is 22.2 Å². The molecule has 238 valence electrons. The van der Waals surface area contributed by atoms with Crippen LogP contribution in [0.25, 0.3) is 38.6 Å². The molecule has 0 N–H and O–H groups in total. The number of fused-ring (bicyclic) bond motifs is 2. The Kier molecular flexibility index (Phi) is 8.47. The van der Waals surface area contributed by atoms with E-state index in [1.165, 1.54) is 11.3 Å². The van der Waals surface area contributed by atoms with Gasteiger partial charge in [-0.3, -0.25) is 4.98 Å². The maximum Gasteiger partial charge on any atom is 0.294 e. The number of rotatable bonds is 12. The van der Waals surface area contributed by atoms with Crippen LogP contribution in [0.2, 0.25) is 0 Å². The zero-order valence-corrected chi connectivity index (χ0v) is 27.1. The third-order valence-corrected chi connectivity index (χ3v) is 8.68. The van der Waals surface area contributed by atoms with E-state index < -0.39 is 0 Å². The van der Waals surface area contributed by atoms with Gasteiger partial charge in [0.15, 0.2) is 5.76 Å². The van der Waals surface area contributed by atoms with Crippen LogP contribution in [-0.4, -0.2) is 40.9 Å². The fourth-order valence-electron chi connectivity index (χ4n) is 5.17. The molecule has 0 radical (unpaired) electrons. The van der Waals surface area contributed by atoms with Gasteiger partial charge in [0.25, 0.3) is 5.19 Å². The first-order valence-electron chi connectivity index (χ1n) is 14.9. The number of furan rings is 1. The zero-order valence-electron chi connectivity index (χ0n) is 26.3. The molecular weight excluding hydrogens is 616 g/mol. The molecule has 10 nitrogen and oxygen atoms in total. The van der Waals surface area contributed by atoms with Crippen molar-refractivity contribution in [3.8, 4) is 45.2 Å². The van der Waals surface area contributed by atoms with Crippen molar-refractivity contribution in [1.82, 2.24) is 19.6 Å². The first-order chi connectivity index (χ1) is 23.0. The molecule has 4 heterocycles. The maximum atomic E-state index is 6.35. The Hall–Kier alpha value is -5.39. The van der Waals surface area contributed by atoms with Gasteiger partial charge in [0.2, 0.25) is 4.96 Å². The second-order valence-electron chi connectivity index (χ2n) is 10.8. The lowest BCUT2D eigenvalue weighted by Crippen LogP contribution is -2.01. The number of imidazole rings is 1. The molecule has 0 saturated carbocycles. The second kappa shape index (κ2) is 13.1. The topological polar surface area (TPSA) is 102 Å². The van der Waals surface area contributed by atoms with E-state index in [-0.39, 0.29) is 6.10 Å². The third-order valence-electron chi connectivity index (χ3n) is 7.79. The maximum absolute atomic E-state index is 6.35. The van der Waals surface area contributed by atoms with Crippen molar-refractivity contribution < 1.29 is 28.1 Å². The Balaban J connectivity index is 1.04. The number of nitrogens with zero attached hydrogens (tertiary/aromatic N) is 4. The number of benzene rings is 3. The number of pyridine rings is 1. The Bertz CT molecular complexity index is 2100. The molecule has 0 saturated heterocycles. The van der Waals surface area contributed by atoms with Gasteiger partial charge in [-0.05, 0) is 65.3 Å². The molecule has 0 aliphatic carbocycles. The lowest BCUT2D eigenvalue weighted by atomic mass is 10.1. The van der Waals surface area contributed by atoms with E-state index in [0.29, 0.717) is 51.9 Å². The van der Waals surface area contributed by atoms with E-state index in [1.54, 1.807) is 25.8 Å². The van der Waals surface area contributed by atoms with Crippen molar-refractivity contribution in [1.29, 1.82) is 0 Å². The molecule has 3 aromatic carbocycles. The molecule has 1 unspecified atom stereocenters. The van der Waals surface area contributed by atoms with Crippen molar-refractivity contribution in [2.75, 3.05) is 21.3 Å². The van der Waals surface area contributed by atoms with Crippen LogP contribution < -0.4 is 18.9 Å². The van der Waals surface area contributed by atoms with Gasteiger partial charge in [0.1, 0.15) is 35.1 Å². The van der Waals surface area contributed by atoms with Gasteiger partial charge in [0.05, 0.1) is 51.3 Å². The summed E-state index contributed by atoms with van der Waals surface area (Å²) in [6.45, 7) is 2.88. The average molecular weight is 649 g/mol. The predicted molar refractivity (Wildman–Crippen MR) is 179 cm³/mol. The first-order valence-corrected chi connectivity index (χ1v) is 15.8. The van der Waals surface area contributed by atoms with Gasteiger partial charge in [-0.2, -0.15) is 0 Å². The summed E-state index contributed by atoms with van der Waals surface area (Å²) in [5, 5.41) is 5.72. The van der Waals surface area contributed by atoms with Crippen molar-refractivity contribution >= 4 is 27.3 Å². The molecule has 7 rings (SSSR count). The van der Waals surface area contributed by atoms with Crippen LogP contribution in [0.15, 0.2) is 95.7 Å². The van der Waals surface area contributed by atoms with E-state index >= 15 is 0 Å². The lowest BCUT2D eigenvalue weighted by Gasteiger charge is -2.14. The van der Waals surface area contributed by atoms with E-state index in [9.17, 15) is 0 Å². The van der Waals surface area contributed by atoms with Gasteiger partial charge >= 0.3 is 0 Å². The second-order valence-corrected chi connectivity index (χ2v) is 11.8. The van der Waals surface area contributed by atoms with Crippen LogP contribution in [0, 0.1) is 0 Å². The number of aromatic nitrogens is 4. The fraction of sp³-hybridized carbons (Fsp3) is 0.194. The summed E-state index contributed by atoms with van der Waals surface area (Å²) in [7, 11) is 4.86. The highest BCUT2D eigenvalue weighted by molar-refractivity contribution is 7.18. The summed E-state index contributed by atoms with van der Waals surface area (Å²) in [4.78, 5) is 10.1. The van der Waals surface area contributed by atoms with Crippen LogP contribution in [0.3, 0.4) is 0 Å². The van der Waals surface area contributed by atoms with E-state index in [1.807, 2.05) is 86.0 Å². The quantitative estimate of drug-likeness (QED) is 0.130. The highest BCUT2D eigenvalue weighted by atomic mass is 32.1. The third kappa shape index (κ3) is 6.49. The standard InChI is InChI=1S/C36H32N4O6S/c1-22(44-20-23-8-11-27(41-2)12-9-23)26-10-13-30(37-18-26)25-7-5-6-24(14-25)21-45-32-15-28(42-3)16-33-29(32)17-34(46-33)31-19-40-35(38-31)47-36(39-40)43-4/h5-19,22H,20-21H2,1-4H3. The van der Waals surface area contributed by atoms with Gasteiger partial charge in [-0.1, -0.05) is 36.4 Å². The average Bonchev–Trinajstić information content (AvgIpc) is 3.83. The van der Waals surface area contributed by atoms with Gasteiger partial charge in [0, 0.05) is 23.9 Å². The van der Waals surface area contributed by atoms with Crippen molar-refractivity contribution in [3.05, 3.63) is 108 Å². The minimum atomic E-state index is -0.105. The molecular formula is C36H32N4O6S. The fourth-order valence-corrected chi connectivity index (χ4v) is 5.87. The van der Waals surface area contributed by atoms with Crippen LogP contribution in [0.5, 0.6) is 22.4 Å². The molecule has 0 amide bonds.